The second-order valence-electron chi connectivity index (χ2n) is 7.90. The first kappa shape index (κ1) is 20.7. The molecule has 2 N–H and O–H groups in total. The molecule has 3 aromatic rings. The van der Waals surface area contributed by atoms with Crippen LogP contribution in [-0.2, 0) is 6.54 Å². The van der Waals surface area contributed by atoms with Gasteiger partial charge in [-0.2, -0.15) is 0 Å². The minimum Gasteiger partial charge on any atom is -0.348 e. The van der Waals surface area contributed by atoms with E-state index in [-0.39, 0.29) is 24.1 Å². The van der Waals surface area contributed by atoms with Gasteiger partial charge in [0.2, 0.25) is 0 Å². The number of amides is 1. The van der Waals surface area contributed by atoms with Crippen LogP contribution in [0.25, 0.3) is 0 Å². The Balaban J connectivity index is 1.56. The van der Waals surface area contributed by atoms with Crippen LogP contribution >= 0.6 is 0 Å². The first-order valence-electron chi connectivity index (χ1n) is 10.4. The fourth-order valence-electron chi connectivity index (χ4n) is 4.21. The molecule has 1 amide bonds. The SMILES string of the molecule is Cc1cc(C)c(CNC(=O)c2ncnc(N3CCC[C@@H]3c3ccccn3)c2C)c(=O)[nH]1. The lowest BCUT2D eigenvalue weighted by molar-refractivity contribution is 0.0945. The maximum atomic E-state index is 12.9. The number of H-pyrrole nitrogens is 1. The zero-order valence-electron chi connectivity index (χ0n) is 18.0. The third-order valence-corrected chi connectivity index (χ3v) is 5.75. The predicted octanol–water partition coefficient (Wildman–Crippen LogP) is 2.76. The molecule has 8 nitrogen and oxygen atoms in total. The summed E-state index contributed by atoms with van der Waals surface area (Å²) in [6, 6.07) is 7.93. The molecule has 0 bridgehead atoms. The van der Waals surface area contributed by atoms with Gasteiger partial charge in [-0.05, 0) is 57.4 Å². The van der Waals surface area contributed by atoms with Crippen molar-refractivity contribution in [3.8, 4) is 0 Å². The van der Waals surface area contributed by atoms with Crippen molar-refractivity contribution in [3.63, 3.8) is 0 Å². The molecule has 8 heteroatoms. The smallest absolute Gasteiger partial charge is 0.270 e. The quantitative estimate of drug-likeness (QED) is 0.660. The summed E-state index contributed by atoms with van der Waals surface area (Å²) < 4.78 is 0. The Kier molecular flexibility index (Phi) is 5.79. The van der Waals surface area contributed by atoms with Gasteiger partial charge in [-0.25, -0.2) is 9.97 Å². The van der Waals surface area contributed by atoms with E-state index in [0.29, 0.717) is 11.3 Å². The largest absolute Gasteiger partial charge is 0.348 e. The van der Waals surface area contributed by atoms with Crippen LogP contribution in [0.1, 0.15) is 57.5 Å². The molecule has 1 aliphatic rings. The molecule has 0 aromatic carbocycles. The highest BCUT2D eigenvalue weighted by atomic mass is 16.2. The minimum absolute atomic E-state index is 0.125. The van der Waals surface area contributed by atoms with Gasteiger partial charge in [-0.3, -0.25) is 14.6 Å². The topological polar surface area (TPSA) is 104 Å². The minimum atomic E-state index is -0.325. The summed E-state index contributed by atoms with van der Waals surface area (Å²) >= 11 is 0. The third-order valence-electron chi connectivity index (χ3n) is 5.75. The Morgan fingerprint density at radius 3 is 2.81 bits per heavy atom. The summed E-state index contributed by atoms with van der Waals surface area (Å²) in [5.41, 5.74) is 4.03. The van der Waals surface area contributed by atoms with Crippen molar-refractivity contribution in [2.45, 2.75) is 46.2 Å². The molecule has 0 unspecified atom stereocenters. The van der Waals surface area contributed by atoms with E-state index in [2.05, 4.69) is 30.2 Å². The van der Waals surface area contributed by atoms with Crippen LogP contribution in [0, 0.1) is 20.8 Å². The van der Waals surface area contributed by atoms with Crippen molar-refractivity contribution < 1.29 is 4.79 Å². The first-order valence-corrected chi connectivity index (χ1v) is 10.4. The molecule has 160 valence electrons. The Bertz CT molecular complexity index is 1160. The molecular weight excluding hydrogens is 392 g/mol. The van der Waals surface area contributed by atoms with Crippen molar-refractivity contribution in [1.82, 2.24) is 25.3 Å². The normalized spacial score (nSPS) is 15.8. The van der Waals surface area contributed by atoms with Crippen LogP contribution < -0.4 is 15.8 Å². The van der Waals surface area contributed by atoms with Crippen LogP contribution in [0.3, 0.4) is 0 Å². The van der Waals surface area contributed by atoms with Crippen LogP contribution in [-0.4, -0.2) is 32.4 Å². The number of aromatic nitrogens is 4. The number of pyridine rings is 2. The van der Waals surface area contributed by atoms with Crippen LogP contribution in [0.5, 0.6) is 0 Å². The molecule has 31 heavy (non-hydrogen) atoms. The number of anilines is 1. The van der Waals surface area contributed by atoms with Crippen molar-refractivity contribution in [1.29, 1.82) is 0 Å². The maximum Gasteiger partial charge on any atom is 0.270 e. The molecule has 1 aliphatic heterocycles. The van der Waals surface area contributed by atoms with Crippen LogP contribution in [0.4, 0.5) is 5.82 Å². The average molecular weight is 419 g/mol. The molecule has 0 aliphatic carbocycles. The van der Waals surface area contributed by atoms with Gasteiger partial charge in [0.15, 0.2) is 0 Å². The average Bonchev–Trinajstić information content (AvgIpc) is 3.23. The van der Waals surface area contributed by atoms with Gasteiger partial charge in [-0.1, -0.05) is 6.07 Å². The van der Waals surface area contributed by atoms with E-state index in [1.807, 2.05) is 45.0 Å². The van der Waals surface area contributed by atoms with E-state index in [0.717, 1.165) is 47.7 Å². The van der Waals surface area contributed by atoms with Gasteiger partial charge < -0.3 is 15.2 Å². The number of aryl methyl sites for hydroxylation is 2. The third kappa shape index (κ3) is 4.19. The van der Waals surface area contributed by atoms with Crippen molar-refractivity contribution >= 4 is 11.7 Å². The Morgan fingerprint density at radius 1 is 1.23 bits per heavy atom. The van der Waals surface area contributed by atoms with Gasteiger partial charge in [-0.15, -0.1) is 0 Å². The number of carbonyl (C=O) groups is 1. The molecule has 0 saturated carbocycles. The van der Waals surface area contributed by atoms with Crippen molar-refractivity contribution in [2.24, 2.45) is 0 Å². The number of rotatable bonds is 5. The van der Waals surface area contributed by atoms with E-state index in [1.165, 1.54) is 6.33 Å². The molecule has 1 saturated heterocycles. The van der Waals surface area contributed by atoms with E-state index in [9.17, 15) is 9.59 Å². The lowest BCUT2D eigenvalue weighted by Crippen LogP contribution is -2.30. The number of hydrogen-bond acceptors (Lipinski definition) is 6. The number of aromatic amines is 1. The Morgan fingerprint density at radius 2 is 2.06 bits per heavy atom. The lowest BCUT2D eigenvalue weighted by atomic mass is 10.1. The molecule has 3 aromatic heterocycles. The predicted molar refractivity (Wildman–Crippen MR) is 118 cm³/mol. The van der Waals surface area contributed by atoms with Crippen molar-refractivity contribution in [2.75, 3.05) is 11.4 Å². The fraction of sp³-hybridized carbons (Fsp3) is 0.348. The zero-order chi connectivity index (χ0) is 22.0. The second kappa shape index (κ2) is 8.67. The van der Waals surface area contributed by atoms with Gasteiger partial charge in [0.1, 0.15) is 17.8 Å². The molecule has 4 heterocycles. The van der Waals surface area contributed by atoms with E-state index >= 15 is 0 Å². The highest BCUT2D eigenvalue weighted by molar-refractivity contribution is 5.94. The van der Waals surface area contributed by atoms with Gasteiger partial charge in [0, 0.05) is 36.1 Å². The molecule has 0 radical (unpaired) electrons. The van der Waals surface area contributed by atoms with Gasteiger partial charge >= 0.3 is 0 Å². The highest BCUT2D eigenvalue weighted by Gasteiger charge is 2.30. The molecule has 0 spiro atoms. The monoisotopic (exact) mass is 418 g/mol. The summed E-state index contributed by atoms with van der Waals surface area (Å²) in [6.45, 7) is 6.54. The molecule has 1 atom stereocenters. The second-order valence-corrected chi connectivity index (χ2v) is 7.90. The van der Waals surface area contributed by atoms with E-state index in [1.54, 1.807) is 6.20 Å². The molecular formula is C23H26N6O2. The standard InChI is InChI=1S/C23H26N6O2/c1-14-11-15(2)28-22(30)17(14)12-25-23(31)20-16(3)21(27-13-26-20)29-10-6-8-19(29)18-7-4-5-9-24-18/h4-5,7,9,11,13,19H,6,8,10,12H2,1-3H3,(H,25,31)(H,28,30)/t19-/m1/s1. The lowest BCUT2D eigenvalue weighted by Gasteiger charge is -2.27. The van der Waals surface area contributed by atoms with Crippen LogP contribution in [0.15, 0.2) is 41.6 Å². The van der Waals surface area contributed by atoms with Gasteiger partial charge in [0.05, 0.1) is 11.7 Å². The Labute approximate surface area is 180 Å². The molecule has 1 fully saturated rings. The van der Waals surface area contributed by atoms with Crippen LogP contribution in [0.2, 0.25) is 0 Å². The summed E-state index contributed by atoms with van der Waals surface area (Å²) in [4.78, 5) is 43.3. The summed E-state index contributed by atoms with van der Waals surface area (Å²) in [7, 11) is 0. The maximum absolute atomic E-state index is 12.9. The number of hydrogen-bond donors (Lipinski definition) is 2. The van der Waals surface area contributed by atoms with Crippen molar-refractivity contribution in [3.05, 3.63) is 80.9 Å². The van der Waals surface area contributed by atoms with E-state index < -0.39 is 0 Å². The fourth-order valence-corrected chi connectivity index (χ4v) is 4.21. The highest BCUT2D eigenvalue weighted by Crippen LogP contribution is 2.35. The Hall–Kier alpha value is -3.55. The first-order chi connectivity index (χ1) is 15.0. The summed E-state index contributed by atoms with van der Waals surface area (Å²) in [6.07, 6.45) is 5.24. The summed E-state index contributed by atoms with van der Waals surface area (Å²) in [5, 5.41) is 2.84. The number of carbonyl (C=O) groups excluding carboxylic acids is 1. The zero-order valence-corrected chi connectivity index (χ0v) is 18.0. The van der Waals surface area contributed by atoms with E-state index in [4.69, 9.17) is 0 Å². The molecule has 4 rings (SSSR count). The number of nitrogens with one attached hydrogen (secondary N) is 2. The van der Waals surface area contributed by atoms with Gasteiger partial charge in [0.25, 0.3) is 11.5 Å². The summed E-state index contributed by atoms with van der Waals surface area (Å²) in [5.74, 6) is 0.423. The number of nitrogens with zero attached hydrogens (tertiary/aromatic N) is 4.